The van der Waals surface area contributed by atoms with Crippen LogP contribution in [0.2, 0.25) is 0 Å². The van der Waals surface area contributed by atoms with E-state index in [1.807, 2.05) is 49.3 Å². The number of nitrogens with zero attached hydrogens (tertiary/aromatic N) is 2. The zero-order chi connectivity index (χ0) is 30.0. The molecule has 1 amide bonds. The number of allylic oxidation sites excluding steroid dienone is 1. The average molecular weight is 560 g/mol. The minimum atomic E-state index is -2.67. The number of aromatic hydroxyl groups is 1. The van der Waals surface area contributed by atoms with Crippen LogP contribution in [0.3, 0.4) is 0 Å². The molecule has 10 nitrogen and oxygen atoms in total. The lowest BCUT2D eigenvalue weighted by molar-refractivity contribution is -0.148. The van der Waals surface area contributed by atoms with E-state index in [2.05, 4.69) is 0 Å². The molecule has 0 aromatic heterocycles. The first kappa shape index (κ1) is 28.1. The van der Waals surface area contributed by atoms with Crippen molar-refractivity contribution in [2.75, 3.05) is 33.1 Å². The van der Waals surface area contributed by atoms with Crippen molar-refractivity contribution in [3.05, 3.63) is 81.3 Å². The number of rotatable bonds is 5. The Hall–Kier alpha value is -4.41. The Bertz CT molecular complexity index is 1570. The lowest BCUT2D eigenvalue weighted by Gasteiger charge is -2.50. The minimum Gasteiger partial charge on any atom is -0.510 e. The highest BCUT2D eigenvalue weighted by molar-refractivity contribution is 6.25. The van der Waals surface area contributed by atoms with Gasteiger partial charge in [-0.05, 0) is 50.0 Å². The van der Waals surface area contributed by atoms with Gasteiger partial charge in [-0.3, -0.25) is 19.3 Å². The van der Waals surface area contributed by atoms with Crippen molar-refractivity contribution in [1.29, 1.82) is 0 Å². The summed E-state index contributed by atoms with van der Waals surface area (Å²) in [5.41, 5.74) is 4.21. The molecule has 0 spiro atoms. The Balaban J connectivity index is 1.70. The topological polar surface area (TPSA) is 165 Å². The second-order valence-electron chi connectivity index (χ2n) is 11.3. The number of carbonyl (C=O) groups excluding carboxylic acids is 3. The minimum absolute atomic E-state index is 0.0234. The third-order valence-electron chi connectivity index (χ3n) is 8.47. The van der Waals surface area contributed by atoms with E-state index in [1.54, 1.807) is 32.3 Å². The van der Waals surface area contributed by atoms with E-state index in [0.29, 0.717) is 16.8 Å². The molecule has 2 aromatic carbocycles. The number of phenolic OH excluding ortho intramolecular Hbond substituents is 1. The predicted octanol–water partition coefficient (Wildman–Crippen LogP) is 2.36. The highest BCUT2D eigenvalue weighted by atomic mass is 16.3. The van der Waals surface area contributed by atoms with Crippen molar-refractivity contribution < 1.29 is 34.8 Å². The summed E-state index contributed by atoms with van der Waals surface area (Å²) in [7, 11) is 6.83. The number of hydrogen-bond donors (Lipinski definition) is 5. The monoisotopic (exact) mass is 559 g/mol. The van der Waals surface area contributed by atoms with Gasteiger partial charge < -0.3 is 31.1 Å². The number of amides is 1. The van der Waals surface area contributed by atoms with Gasteiger partial charge in [0.1, 0.15) is 22.8 Å². The van der Waals surface area contributed by atoms with E-state index < -0.39 is 58.0 Å². The lowest BCUT2D eigenvalue weighted by atomic mass is 9.58. The van der Waals surface area contributed by atoms with E-state index in [1.165, 1.54) is 4.90 Å². The Morgan fingerprint density at radius 3 is 2.29 bits per heavy atom. The fourth-order valence-corrected chi connectivity index (χ4v) is 6.60. The van der Waals surface area contributed by atoms with E-state index in [9.17, 15) is 34.8 Å². The van der Waals surface area contributed by atoms with Crippen LogP contribution in [0.4, 0.5) is 5.69 Å². The molecule has 0 saturated carbocycles. The number of Topliss-reactive ketones (excluding diaryl/α,β-unsaturated/α-hetero) is 2. The Morgan fingerprint density at radius 2 is 1.71 bits per heavy atom. The van der Waals surface area contributed by atoms with Crippen LogP contribution in [0, 0.1) is 11.8 Å². The van der Waals surface area contributed by atoms with Crippen molar-refractivity contribution in [1.82, 2.24) is 4.90 Å². The van der Waals surface area contributed by atoms with Gasteiger partial charge in [-0.1, -0.05) is 42.5 Å². The number of ketones is 2. The van der Waals surface area contributed by atoms with E-state index in [4.69, 9.17) is 5.73 Å². The van der Waals surface area contributed by atoms with Gasteiger partial charge in [-0.2, -0.15) is 0 Å². The number of anilines is 1. The molecule has 41 heavy (non-hydrogen) atoms. The maximum atomic E-state index is 14.1. The summed E-state index contributed by atoms with van der Waals surface area (Å²) in [6.07, 6.45) is 3.75. The summed E-state index contributed by atoms with van der Waals surface area (Å²) in [5.74, 6) is -6.70. The van der Waals surface area contributed by atoms with Gasteiger partial charge in [0.25, 0.3) is 5.91 Å². The van der Waals surface area contributed by atoms with Crippen LogP contribution < -0.4 is 10.6 Å². The van der Waals surface area contributed by atoms with Crippen LogP contribution in [-0.4, -0.2) is 82.6 Å². The van der Waals surface area contributed by atoms with Crippen LogP contribution in [0.15, 0.2) is 59.1 Å². The molecular formula is C31H33N3O7. The maximum absolute atomic E-state index is 14.1. The van der Waals surface area contributed by atoms with E-state index >= 15 is 0 Å². The molecule has 0 bridgehead atoms. The molecule has 0 saturated heterocycles. The van der Waals surface area contributed by atoms with Gasteiger partial charge in [-0.15, -0.1) is 0 Å². The molecule has 2 aromatic rings. The molecule has 3 aliphatic carbocycles. The Kier molecular flexibility index (Phi) is 6.79. The smallest absolute Gasteiger partial charge is 0.255 e. The summed E-state index contributed by atoms with van der Waals surface area (Å²) in [6, 6.07) is 10.2. The second kappa shape index (κ2) is 9.90. The van der Waals surface area contributed by atoms with Crippen LogP contribution >= 0.6 is 0 Å². The number of carbonyl (C=O) groups is 3. The van der Waals surface area contributed by atoms with Crippen LogP contribution in [0.1, 0.15) is 33.5 Å². The summed E-state index contributed by atoms with van der Waals surface area (Å²) in [6.45, 7) is 0. The molecule has 6 N–H and O–H groups in total. The molecule has 0 aliphatic heterocycles. The summed E-state index contributed by atoms with van der Waals surface area (Å²) < 4.78 is 0. The molecule has 4 unspecified atom stereocenters. The van der Waals surface area contributed by atoms with Crippen molar-refractivity contribution in [2.45, 2.75) is 24.5 Å². The first-order valence-electron chi connectivity index (χ1n) is 13.2. The Labute approximate surface area is 237 Å². The molecule has 0 heterocycles. The van der Waals surface area contributed by atoms with E-state index in [-0.39, 0.29) is 29.7 Å². The number of nitrogens with two attached hydrogens (primary N) is 1. The molecule has 214 valence electrons. The largest absolute Gasteiger partial charge is 0.510 e. The molecule has 3 aliphatic rings. The number of aliphatic hydroxyl groups excluding tert-OH is 2. The summed E-state index contributed by atoms with van der Waals surface area (Å²) >= 11 is 0. The first-order chi connectivity index (χ1) is 19.3. The Morgan fingerprint density at radius 1 is 1.05 bits per heavy atom. The second-order valence-corrected chi connectivity index (χ2v) is 11.3. The third kappa shape index (κ3) is 4.13. The standard InChI is InChI=1S/C31H33N3O7/c1-33(2)20-14-16(11-10-15-8-6-5-7-9-15)25(35)22-18(20)12-17-13-19-24(34(3)4)27(37)23(30(32)40)29(39)31(19,41)28(38)21(17)26(22)36/h5-11,14,17,19,24,35,37-38,41H,12-13H2,1-4H3,(H2,32,40)/b11-10+. The van der Waals surface area contributed by atoms with Crippen molar-refractivity contribution in [3.8, 4) is 5.75 Å². The average Bonchev–Trinajstić information content (AvgIpc) is 2.90. The zero-order valence-corrected chi connectivity index (χ0v) is 23.3. The van der Waals surface area contributed by atoms with Gasteiger partial charge in [0.2, 0.25) is 5.78 Å². The number of fused-ring (bicyclic) bond motifs is 3. The van der Waals surface area contributed by atoms with Crippen LogP contribution in [0.25, 0.3) is 12.2 Å². The van der Waals surface area contributed by atoms with Gasteiger partial charge in [0, 0.05) is 36.8 Å². The number of hydrogen-bond acceptors (Lipinski definition) is 9. The quantitative estimate of drug-likeness (QED) is 0.273. The number of phenols is 1. The molecular weight excluding hydrogens is 526 g/mol. The number of benzene rings is 2. The normalized spacial score (nSPS) is 25.9. The summed E-state index contributed by atoms with van der Waals surface area (Å²) in [4.78, 5) is 43.1. The fourth-order valence-electron chi connectivity index (χ4n) is 6.60. The van der Waals surface area contributed by atoms with Crippen LogP contribution in [0.5, 0.6) is 5.75 Å². The van der Waals surface area contributed by atoms with Gasteiger partial charge in [-0.25, -0.2) is 0 Å². The predicted molar refractivity (Wildman–Crippen MR) is 153 cm³/mol. The van der Waals surface area contributed by atoms with Gasteiger partial charge in [0.05, 0.1) is 11.6 Å². The van der Waals surface area contributed by atoms with E-state index in [0.717, 1.165) is 5.56 Å². The van der Waals surface area contributed by atoms with Gasteiger partial charge >= 0.3 is 0 Å². The molecule has 5 rings (SSSR count). The van der Waals surface area contributed by atoms with Gasteiger partial charge in [0.15, 0.2) is 11.4 Å². The third-order valence-corrected chi connectivity index (χ3v) is 8.47. The molecule has 4 atom stereocenters. The lowest BCUT2D eigenvalue weighted by Crippen LogP contribution is -2.63. The SMILES string of the molecule is CN(C)c1cc(/C=C/c2ccccc2)c(O)c2c1CC1CC3C(N(C)C)C(O)=C(C(N)=O)C(=O)C3(O)C(O)=C1C2=O. The van der Waals surface area contributed by atoms with Crippen molar-refractivity contribution >= 4 is 35.3 Å². The zero-order valence-electron chi connectivity index (χ0n) is 23.3. The molecule has 0 fully saturated rings. The first-order valence-corrected chi connectivity index (χ1v) is 13.2. The summed E-state index contributed by atoms with van der Waals surface area (Å²) in [5, 5.41) is 45.5. The highest BCUT2D eigenvalue weighted by Crippen LogP contribution is 2.53. The maximum Gasteiger partial charge on any atom is 0.255 e. The number of primary amides is 1. The van der Waals surface area contributed by atoms with Crippen LogP contribution in [-0.2, 0) is 16.0 Å². The highest BCUT2D eigenvalue weighted by Gasteiger charge is 2.63. The molecule has 10 heteroatoms. The molecule has 0 radical (unpaired) electrons. The van der Waals surface area contributed by atoms with Crippen molar-refractivity contribution in [3.63, 3.8) is 0 Å². The number of aliphatic hydroxyl groups is 3. The van der Waals surface area contributed by atoms with Crippen molar-refractivity contribution in [2.24, 2.45) is 17.6 Å². The number of likely N-dealkylation sites (N-methyl/N-ethyl adjacent to an activating group) is 1. The fraction of sp³-hybridized carbons (Fsp3) is 0.323.